The van der Waals surface area contributed by atoms with Gasteiger partial charge in [0.1, 0.15) is 0 Å². The van der Waals surface area contributed by atoms with E-state index in [4.69, 9.17) is 0 Å². The van der Waals surface area contributed by atoms with Crippen LogP contribution in [0.3, 0.4) is 0 Å². The molecule has 1 aliphatic heterocycles. The van der Waals surface area contributed by atoms with Crippen molar-refractivity contribution in [3.63, 3.8) is 0 Å². The molecular weight excluding hydrogens is 162 g/mol. The van der Waals surface area contributed by atoms with Crippen molar-refractivity contribution < 1.29 is 0 Å². The summed E-state index contributed by atoms with van der Waals surface area (Å²) in [7, 11) is 2.04. The van der Waals surface area contributed by atoms with Crippen molar-refractivity contribution in [3.05, 3.63) is 0 Å². The lowest BCUT2D eigenvalue weighted by Crippen LogP contribution is -2.48. The van der Waals surface area contributed by atoms with Crippen molar-refractivity contribution in [1.29, 1.82) is 0 Å². The minimum atomic E-state index is 0.630. The van der Waals surface area contributed by atoms with Crippen molar-refractivity contribution in [2.75, 3.05) is 33.2 Å². The van der Waals surface area contributed by atoms with Gasteiger partial charge in [-0.15, -0.1) is 0 Å². The van der Waals surface area contributed by atoms with Gasteiger partial charge in [-0.05, 0) is 27.3 Å². The van der Waals surface area contributed by atoms with Crippen molar-refractivity contribution in [1.82, 2.24) is 15.5 Å². The second-order valence-corrected chi connectivity index (χ2v) is 4.06. The molecule has 1 fully saturated rings. The number of hydrogen-bond acceptors (Lipinski definition) is 3. The summed E-state index contributed by atoms with van der Waals surface area (Å²) in [6, 6.07) is 1.34. The SMILES string of the molecule is CNC(C)CC(C)N1CCNCC1. The number of hydrogen-bond donors (Lipinski definition) is 2. The van der Waals surface area contributed by atoms with Crippen molar-refractivity contribution in [2.45, 2.75) is 32.4 Å². The molecule has 1 heterocycles. The van der Waals surface area contributed by atoms with E-state index in [-0.39, 0.29) is 0 Å². The standard InChI is InChI=1S/C10H23N3/c1-9(11-3)8-10(2)13-6-4-12-5-7-13/h9-12H,4-8H2,1-3H3. The van der Waals surface area contributed by atoms with Gasteiger partial charge in [0.2, 0.25) is 0 Å². The predicted octanol–water partition coefficient (Wildman–Crippen LogP) is 0.278. The van der Waals surface area contributed by atoms with Crippen molar-refractivity contribution in [3.8, 4) is 0 Å². The maximum Gasteiger partial charge on any atom is 0.0110 e. The zero-order valence-corrected chi connectivity index (χ0v) is 9.14. The second kappa shape index (κ2) is 5.58. The normalized spacial score (nSPS) is 24.2. The first-order chi connectivity index (χ1) is 6.24. The molecule has 1 rings (SSSR count). The molecule has 0 aromatic carbocycles. The Morgan fingerprint density at radius 2 is 1.92 bits per heavy atom. The molecule has 3 nitrogen and oxygen atoms in total. The lowest BCUT2D eigenvalue weighted by Gasteiger charge is -2.34. The summed E-state index contributed by atoms with van der Waals surface area (Å²) in [4.78, 5) is 2.57. The Morgan fingerprint density at radius 3 is 2.46 bits per heavy atom. The van der Waals surface area contributed by atoms with Gasteiger partial charge in [0.15, 0.2) is 0 Å². The monoisotopic (exact) mass is 185 g/mol. The summed E-state index contributed by atoms with van der Waals surface area (Å²) >= 11 is 0. The number of piperazine rings is 1. The van der Waals surface area contributed by atoms with E-state index in [2.05, 4.69) is 29.4 Å². The van der Waals surface area contributed by atoms with Gasteiger partial charge in [0.05, 0.1) is 0 Å². The third-order valence-corrected chi connectivity index (χ3v) is 2.96. The Hall–Kier alpha value is -0.120. The van der Waals surface area contributed by atoms with Crippen LogP contribution in [0, 0.1) is 0 Å². The Morgan fingerprint density at radius 1 is 1.31 bits per heavy atom. The summed E-state index contributed by atoms with van der Waals surface area (Å²) in [5.74, 6) is 0. The Bertz CT molecular complexity index is 132. The van der Waals surface area contributed by atoms with E-state index >= 15 is 0 Å². The van der Waals surface area contributed by atoms with E-state index < -0.39 is 0 Å². The van der Waals surface area contributed by atoms with Crippen LogP contribution in [-0.4, -0.2) is 50.2 Å². The highest BCUT2D eigenvalue weighted by Crippen LogP contribution is 2.07. The van der Waals surface area contributed by atoms with Crippen LogP contribution in [-0.2, 0) is 0 Å². The molecule has 2 N–H and O–H groups in total. The molecule has 3 heteroatoms. The van der Waals surface area contributed by atoms with Gasteiger partial charge >= 0.3 is 0 Å². The average Bonchev–Trinajstić information content (AvgIpc) is 2.19. The zero-order valence-electron chi connectivity index (χ0n) is 9.14. The molecule has 0 aliphatic carbocycles. The van der Waals surface area contributed by atoms with Crippen LogP contribution in [0.5, 0.6) is 0 Å². The van der Waals surface area contributed by atoms with Gasteiger partial charge in [0.25, 0.3) is 0 Å². The van der Waals surface area contributed by atoms with E-state index in [1.54, 1.807) is 0 Å². The van der Waals surface area contributed by atoms with Crippen LogP contribution in [0.4, 0.5) is 0 Å². The first-order valence-corrected chi connectivity index (χ1v) is 5.36. The van der Waals surface area contributed by atoms with Crippen LogP contribution in [0.1, 0.15) is 20.3 Å². The molecule has 0 aromatic heterocycles. The van der Waals surface area contributed by atoms with Gasteiger partial charge < -0.3 is 10.6 Å². The first-order valence-electron chi connectivity index (χ1n) is 5.36. The Kier molecular flexibility index (Phi) is 4.70. The predicted molar refractivity (Wildman–Crippen MR) is 57.0 cm³/mol. The summed E-state index contributed by atoms with van der Waals surface area (Å²) in [5, 5.41) is 6.67. The van der Waals surface area contributed by atoms with E-state index in [1.165, 1.54) is 19.5 Å². The first kappa shape index (κ1) is 11.0. The molecule has 1 aliphatic rings. The number of rotatable bonds is 4. The van der Waals surface area contributed by atoms with Gasteiger partial charge in [-0.3, -0.25) is 4.90 Å². The van der Waals surface area contributed by atoms with E-state index in [0.717, 1.165) is 13.1 Å². The van der Waals surface area contributed by atoms with E-state index in [0.29, 0.717) is 12.1 Å². The van der Waals surface area contributed by atoms with Gasteiger partial charge in [-0.25, -0.2) is 0 Å². The molecule has 0 bridgehead atoms. The summed E-state index contributed by atoms with van der Waals surface area (Å²) in [5.41, 5.74) is 0. The molecule has 13 heavy (non-hydrogen) atoms. The Balaban J connectivity index is 2.24. The van der Waals surface area contributed by atoms with E-state index in [1.807, 2.05) is 7.05 Å². The lowest BCUT2D eigenvalue weighted by atomic mass is 10.1. The average molecular weight is 185 g/mol. The minimum Gasteiger partial charge on any atom is -0.317 e. The van der Waals surface area contributed by atoms with Crippen LogP contribution >= 0.6 is 0 Å². The summed E-state index contributed by atoms with van der Waals surface area (Å²) < 4.78 is 0. The summed E-state index contributed by atoms with van der Waals surface area (Å²) in [6.07, 6.45) is 1.25. The molecule has 2 unspecified atom stereocenters. The molecule has 2 atom stereocenters. The third kappa shape index (κ3) is 3.63. The smallest absolute Gasteiger partial charge is 0.0110 e. The molecule has 1 saturated heterocycles. The number of nitrogens with one attached hydrogen (secondary N) is 2. The Labute approximate surface area is 81.9 Å². The van der Waals surface area contributed by atoms with Crippen LogP contribution in [0.2, 0.25) is 0 Å². The third-order valence-electron chi connectivity index (χ3n) is 2.96. The summed E-state index contributed by atoms with van der Waals surface area (Å²) in [6.45, 7) is 9.30. The highest BCUT2D eigenvalue weighted by Gasteiger charge is 2.17. The second-order valence-electron chi connectivity index (χ2n) is 4.06. The van der Waals surface area contributed by atoms with Gasteiger partial charge in [-0.2, -0.15) is 0 Å². The fourth-order valence-electron chi connectivity index (χ4n) is 1.90. The molecule has 0 spiro atoms. The van der Waals surface area contributed by atoms with Crippen molar-refractivity contribution in [2.24, 2.45) is 0 Å². The largest absolute Gasteiger partial charge is 0.317 e. The molecule has 0 saturated carbocycles. The van der Waals surface area contributed by atoms with Gasteiger partial charge in [0, 0.05) is 38.3 Å². The molecule has 0 aromatic rings. The van der Waals surface area contributed by atoms with Gasteiger partial charge in [-0.1, -0.05) is 0 Å². The lowest BCUT2D eigenvalue weighted by molar-refractivity contribution is 0.168. The highest BCUT2D eigenvalue weighted by atomic mass is 15.2. The molecule has 0 radical (unpaired) electrons. The zero-order chi connectivity index (χ0) is 9.68. The quantitative estimate of drug-likeness (QED) is 0.659. The molecule has 78 valence electrons. The fourth-order valence-corrected chi connectivity index (χ4v) is 1.90. The maximum atomic E-state index is 3.38. The van der Waals surface area contributed by atoms with Crippen LogP contribution < -0.4 is 10.6 Å². The topological polar surface area (TPSA) is 27.3 Å². The van der Waals surface area contributed by atoms with Crippen LogP contribution in [0.15, 0.2) is 0 Å². The van der Waals surface area contributed by atoms with E-state index in [9.17, 15) is 0 Å². The van der Waals surface area contributed by atoms with Crippen LogP contribution in [0.25, 0.3) is 0 Å². The minimum absolute atomic E-state index is 0.630. The fraction of sp³-hybridized carbons (Fsp3) is 1.00. The number of nitrogens with zero attached hydrogens (tertiary/aromatic N) is 1. The highest BCUT2D eigenvalue weighted by molar-refractivity contribution is 4.76. The van der Waals surface area contributed by atoms with Crippen molar-refractivity contribution >= 4 is 0 Å². The molecular formula is C10H23N3. The maximum absolute atomic E-state index is 3.38. The molecule has 0 amide bonds.